The summed E-state index contributed by atoms with van der Waals surface area (Å²) in [4.78, 5) is 39.8. The third-order valence-electron chi connectivity index (χ3n) is 6.50. The standard InChI is InChI=1S/C27H28N6O2/c1-16(2)33-13-12-28-25(33)23-6-5-7-24(30-23)31-26(34)21-14-20(17(3)32(4)27(21)35)19-10-11-22(29-15-19)18-8-9-18/h5-7,10-16,18H,8-9H2,1-4H3,(H,30,31,34). The van der Waals surface area contributed by atoms with Crippen LogP contribution in [0.1, 0.15) is 60.4 Å². The molecular formula is C27H28N6O2. The van der Waals surface area contributed by atoms with Crippen LogP contribution in [0.25, 0.3) is 22.6 Å². The van der Waals surface area contributed by atoms with E-state index in [2.05, 4.69) is 34.1 Å². The molecule has 0 spiro atoms. The minimum Gasteiger partial charge on any atom is -0.327 e. The van der Waals surface area contributed by atoms with Gasteiger partial charge in [0.1, 0.15) is 17.1 Å². The zero-order valence-corrected chi connectivity index (χ0v) is 20.3. The van der Waals surface area contributed by atoms with Gasteiger partial charge in [-0.3, -0.25) is 14.6 Å². The lowest BCUT2D eigenvalue weighted by atomic mass is 10.0. The van der Waals surface area contributed by atoms with Crippen LogP contribution < -0.4 is 10.9 Å². The summed E-state index contributed by atoms with van der Waals surface area (Å²) in [5, 5.41) is 2.79. The quantitative estimate of drug-likeness (QED) is 0.442. The van der Waals surface area contributed by atoms with E-state index in [1.807, 2.05) is 48.1 Å². The Balaban J connectivity index is 1.46. The molecule has 0 radical (unpaired) electrons. The van der Waals surface area contributed by atoms with E-state index >= 15 is 0 Å². The van der Waals surface area contributed by atoms with Crippen LogP contribution in [0, 0.1) is 6.92 Å². The van der Waals surface area contributed by atoms with Crippen LogP contribution in [0.15, 0.2) is 59.8 Å². The SMILES string of the molecule is Cc1c(-c2ccc(C3CC3)nc2)cc(C(=O)Nc2cccc(-c3nccn3C(C)C)n2)c(=O)n1C. The van der Waals surface area contributed by atoms with Crippen LogP contribution in [-0.4, -0.2) is 30.0 Å². The Morgan fingerprint density at radius 1 is 1.14 bits per heavy atom. The van der Waals surface area contributed by atoms with Crippen molar-refractivity contribution in [3.8, 4) is 22.6 Å². The zero-order chi connectivity index (χ0) is 24.7. The lowest BCUT2D eigenvalue weighted by Crippen LogP contribution is -2.29. The summed E-state index contributed by atoms with van der Waals surface area (Å²) in [5.74, 6) is 1.12. The molecule has 0 bridgehead atoms. The van der Waals surface area contributed by atoms with Crippen LogP contribution >= 0.6 is 0 Å². The number of anilines is 1. The van der Waals surface area contributed by atoms with Crippen molar-refractivity contribution in [1.29, 1.82) is 0 Å². The maximum absolute atomic E-state index is 13.2. The molecule has 1 aliphatic carbocycles. The molecule has 1 saturated carbocycles. The Kier molecular flexibility index (Phi) is 5.80. The van der Waals surface area contributed by atoms with Gasteiger partial charge in [0.25, 0.3) is 11.5 Å². The second-order valence-electron chi connectivity index (χ2n) is 9.28. The monoisotopic (exact) mass is 468 g/mol. The molecule has 35 heavy (non-hydrogen) atoms. The first-order chi connectivity index (χ1) is 16.8. The molecule has 1 fully saturated rings. The van der Waals surface area contributed by atoms with Crippen LogP contribution in [0.5, 0.6) is 0 Å². The highest BCUT2D eigenvalue weighted by Crippen LogP contribution is 2.39. The molecule has 8 heteroatoms. The van der Waals surface area contributed by atoms with E-state index in [1.165, 1.54) is 17.4 Å². The van der Waals surface area contributed by atoms with E-state index in [1.54, 1.807) is 25.4 Å². The Bertz CT molecular complexity index is 1460. The maximum atomic E-state index is 13.2. The molecule has 0 unspecified atom stereocenters. The fourth-order valence-corrected chi connectivity index (χ4v) is 4.20. The smallest absolute Gasteiger partial charge is 0.263 e. The van der Waals surface area contributed by atoms with Gasteiger partial charge in [-0.25, -0.2) is 9.97 Å². The number of nitrogens with one attached hydrogen (secondary N) is 1. The van der Waals surface area contributed by atoms with Gasteiger partial charge in [0.2, 0.25) is 0 Å². The molecule has 0 aromatic carbocycles. The predicted molar refractivity (Wildman–Crippen MR) is 135 cm³/mol. The van der Waals surface area contributed by atoms with Gasteiger partial charge in [-0.05, 0) is 57.9 Å². The zero-order valence-electron chi connectivity index (χ0n) is 20.3. The number of hydrogen-bond donors (Lipinski definition) is 1. The molecule has 0 aliphatic heterocycles. The summed E-state index contributed by atoms with van der Waals surface area (Å²) in [6.07, 6.45) is 7.82. The number of nitrogens with zero attached hydrogens (tertiary/aromatic N) is 5. The van der Waals surface area contributed by atoms with E-state index in [0.717, 1.165) is 22.5 Å². The Morgan fingerprint density at radius 2 is 1.94 bits per heavy atom. The molecule has 4 heterocycles. The van der Waals surface area contributed by atoms with Gasteiger partial charge in [0, 0.05) is 60.1 Å². The highest BCUT2D eigenvalue weighted by molar-refractivity contribution is 6.04. The van der Waals surface area contributed by atoms with Crippen molar-refractivity contribution < 1.29 is 4.79 Å². The normalized spacial score (nSPS) is 13.3. The highest BCUT2D eigenvalue weighted by Gasteiger charge is 2.25. The lowest BCUT2D eigenvalue weighted by molar-refractivity contribution is 0.102. The average molecular weight is 469 g/mol. The largest absolute Gasteiger partial charge is 0.327 e. The van der Waals surface area contributed by atoms with Crippen LogP contribution in [0.3, 0.4) is 0 Å². The number of carbonyl (C=O) groups is 1. The van der Waals surface area contributed by atoms with E-state index in [0.29, 0.717) is 23.3 Å². The second kappa shape index (κ2) is 8.94. The number of carbonyl (C=O) groups excluding carboxylic acids is 1. The van der Waals surface area contributed by atoms with Gasteiger partial charge in [0.05, 0.1) is 0 Å². The van der Waals surface area contributed by atoms with Crippen LogP contribution in [0.2, 0.25) is 0 Å². The van der Waals surface area contributed by atoms with Crippen molar-refractivity contribution in [2.45, 2.75) is 45.6 Å². The van der Waals surface area contributed by atoms with Gasteiger partial charge in [-0.1, -0.05) is 12.1 Å². The topological polar surface area (TPSA) is 94.7 Å². The lowest BCUT2D eigenvalue weighted by Gasteiger charge is -2.14. The van der Waals surface area contributed by atoms with Gasteiger partial charge in [0.15, 0.2) is 5.82 Å². The summed E-state index contributed by atoms with van der Waals surface area (Å²) in [7, 11) is 1.68. The molecule has 5 rings (SSSR count). The third-order valence-corrected chi connectivity index (χ3v) is 6.50. The Morgan fingerprint density at radius 3 is 2.63 bits per heavy atom. The van der Waals surface area contributed by atoms with Crippen LogP contribution in [-0.2, 0) is 7.05 Å². The summed E-state index contributed by atoms with van der Waals surface area (Å²) in [6.45, 7) is 6.00. The summed E-state index contributed by atoms with van der Waals surface area (Å²) >= 11 is 0. The van der Waals surface area contributed by atoms with Crippen LogP contribution in [0.4, 0.5) is 5.82 Å². The predicted octanol–water partition coefficient (Wildman–Crippen LogP) is 4.72. The average Bonchev–Trinajstić information content (AvgIpc) is 3.58. The number of rotatable bonds is 6. The highest BCUT2D eigenvalue weighted by atomic mass is 16.2. The maximum Gasteiger partial charge on any atom is 0.263 e. The summed E-state index contributed by atoms with van der Waals surface area (Å²) in [5.41, 5.74) is 3.87. The van der Waals surface area contributed by atoms with E-state index in [4.69, 9.17) is 0 Å². The van der Waals surface area contributed by atoms with Crippen molar-refractivity contribution in [3.05, 3.63) is 82.3 Å². The number of imidazole rings is 1. The molecule has 4 aromatic rings. The first kappa shape index (κ1) is 22.7. The molecule has 4 aromatic heterocycles. The first-order valence-electron chi connectivity index (χ1n) is 11.8. The van der Waals surface area contributed by atoms with Crippen molar-refractivity contribution in [3.63, 3.8) is 0 Å². The second-order valence-corrected chi connectivity index (χ2v) is 9.28. The summed E-state index contributed by atoms with van der Waals surface area (Å²) in [6, 6.07) is 11.3. The Labute approximate surface area is 203 Å². The molecular weight excluding hydrogens is 440 g/mol. The van der Waals surface area contributed by atoms with Gasteiger partial charge in [-0.2, -0.15) is 0 Å². The molecule has 8 nitrogen and oxygen atoms in total. The number of aromatic nitrogens is 5. The van der Waals surface area contributed by atoms with Gasteiger partial charge < -0.3 is 14.5 Å². The van der Waals surface area contributed by atoms with Crippen molar-refractivity contribution >= 4 is 11.7 Å². The Hall–Kier alpha value is -4.07. The van der Waals surface area contributed by atoms with Gasteiger partial charge >= 0.3 is 0 Å². The number of pyridine rings is 3. The molecule has 1 aliphatic rings. The fourth-order valence-electron chi connectivity index (χ4n) is 4.20. The third kappa shape index (κ3) is 4.39. The molecule has 0 saturated heterocycles. The molecule has 178 valence electrons. The number of amides is 1. The van der Waals surface area contributed by atoms with Crippen molar-refractivity contribution in [1.82, 2.24) is 24.1 Å². The fraction of sp³-hybridized carbons (Fsp3) is 0.296. The molecule has 0 atom stereocenters. The van der Waals surface area contributed by atoms with Crippen molar-refractivity contribution in [2.24, 2.45) is 7.05 Å². The summed E-state index contributed by atoms with van der Waals surface area (Å²) < 4.78 is 3.51. The van der Waals surface area contributed by atoms with E-state index in [-0.39, 0.29) is 17.2 Å². The van der Waals surface area contributed by atoms with Gasteiger partial charge in [-0.15, -0.1) is 0 Å². The minimum atomic E-state index is -0.508. The first-order valence-corrected chi connectivity index (χ1v) is 11.8. The molecule has 1 N–H and O–H groups in total. The van der Waals surface area contributed by atoms with E-state index in [9.17, 15) is 9.59 Å². The minimum absolute atomic E-state index is 0.0512. The molecule has 1 amide bonds. The number of hydrogen-bond acceptors (Lipinski definition) is 5. The van der Waals surface area contributed by atoms with E-state index < -0.39 is 5.91 Å². The van der Waals surface area contributed by atoms with Crippen molar-refractivity contribution in [2.75, 3.05) is 5.32 Å².